The van der Waals surface area contributed by atoms with Crippen molar-refractivity contribution >= 4 is 0 Å². The summed E-state index contributed by atoms with van der Waals surface area (Å²) in [6.45, 7) is 4.33. The molecule has 0 radical (unpaired) electrons. The molecule has 0 N–H and O–H groups in total. The SMILES string of the molecule is CC1(C)c2nc(-c3ccccc3)c(-c3ccccc3)nc2-c2nc(-c3cccnc3)c(-c3ccccc3)nc21. The quantitative estimate of drug-likeness (QED) is 0.247. The van der Waals surface area contributed by atoms with Gasteiger partial charge in [0.1, 0.15) is 11.4 Å². The van der Waals surface area contributed by atoms with Crippen LogP contribution in [0, 0.1) is 0 Å². The molecule has 0 atom stereocenters. The normalized spacial score (nSPS) is 13.1. The summed E-state index contributed by atoms with van der Waals surface area (Å²) in [5.41, 5.74) is 10.1. The van der Waals surface area contributed by atoms with Gasteiger partial charge in [0.25, 0.3) is 0 Å². The van der Waals surface area contributed by atoms with Gasteiger partial charge in [-0.25, -0.2) is 19.9 Å². The molecule has 5 heteroatoms. The number of hydrogen-bond donors (Lipinski definition) is 0. The van der Waals surface area contributed by atoms with Crippen molar-refractivity contribution in [3.63, 3.8) is 0 Å². The summed E-state index contributed by atoms with van der Waals surface area (Å²) in [6.07, 6.45) is 3.61. The summed E-state index contributed by atoms with van der Waals surface area (Å²) in [5.74, 6) is 0. The Morgan fingerprint density at radius 3 is 1.21 bits per heavy atom. The molecular formula is C34H25N5. The summed E-state index contributed by atoms with van der Waals surface area (Å²) in [7, 11) is 0. The molecule has 39 heavy (non-hydrogen) atoms. The largest absolute Gasteiger partial charge is 0.264 e. The summed E-state index contributed by atoms with van der Waals surface area (Å²) in [5, 5.41) is 0. The second-order valence-corrected chi connectivity index (χ2v) is 10.2. The van der Waals surface area contributed by atoms with E-state index in [0.717, 1.165) is 67.8 Å². The van der Waals surface area contributed by atoms with Gasteiger partial charge in [-0.15, -0.1) is 0 Å². The maximum absolute atomic E-state index is 5.32. The molecule has 0 bridgehead atoms. The lowest BCUT2D eigenvalue weighted by atomic mass is 9.89. The molecule has 1 aliphatic rings. The average molecular weight is 504 g/mol. The van der Waals surface area contributed by atoms with Gasteiger partial charge < -0.3 is 0 Å². The Kier molecular flexibility index (Phi) is 5.37. The van der Waals surface area contributed by atoms with E-state index in [9.17, 15) is 0 Å². The van der Waals surface area contributed by atoms with E-state index < -0.39 is 5.41 Å². The van der Waals surface area contributed by atoms with Crippen LogP contribution in [0.4, 0.5) is 0 Å². The van der Waals surface area contributed by atoms with Gasteiger partial charge >= 0.3 is 0 Å². The van der Waals surface area contributed by atoms with E-state index in [4.69, 9.17) is 19.9 Å². The van der Waals surface area contributed by atoms with E-state index in [-0.39, 0.29) is 0 Å². The second-order valence-electron chi connectivity index (χ2n) is 10.2. The van der Waals surface area contributed by atoms with Crippen LogP contribution in [0.15, 0.2) is 116 Å². The number of nitrogens with zero attached hydrogens (tertiary/aromatic N) is 5. The van der Waals surface area contributed by atoms with E-state index in [1.807, 2.05) is 72.9 Å². The molecule has 0 aliphatic heterocycles. The fraction of sp³-hybridized carbons (Fsp3) is 0.0882. The van der Waals surface area contributed by atoms with E-state index >= 15 is 0 Å². The molecule has 5 nitrogen and oxygen atoms in total. The lowest BCUT2D eigenvalue weighted by Gasteiger charge is -2.21. The molecule has 0 amide bonds. The lowest BCUT2D eigenvalue weighted by Crippen LogP contribution is -2.19. The summed E-state index contributed by atoms with van der Waals surface area (Å²) in [4.78, 5) is 25.5. The Morgan fingerprint density at radius 1 is 0.410 bits per heavy atom. The van der Waals surface area contributed by atoms with E-state index in [2.05, 4.69) is 55.2 Å². The highest BCUT2D eigenvalue weighted by Gasteiger charge is 2.43. The van der Waals surface area contributed by atoms with Crippen molar-refractivity contribution in [3.8, 4) is 56.4 Å². The molecule has 186 valence electrons. The topological polar surface area (TPSA) is 64.5 Å². The third kappa shape index (κ3) is 3.82. The number of aromatic nitrogens is 5. The molecule has 0 fully saturated rings. The van der Waals surface area contributed by atoms with Crippen LogP contribution in [0.3, 0.4) is 0 Å². The van der Waals surface area contributed by atoms with Crippen LogP contribution < -0.4 is 0 Å². The van der Waals surface area contributed by atoms with Crippen LogP contribution in [0.1, 0.15) is 25.2 Å². The number of rotatable bonds is 4. The van der Waals surface area contributed by atoms with Crippen molar-refractivity contribution in [1.29, 1.82) is 0 Å². The zero-order chi connectivity index (χ0) is 26.4. The molecule has 1 aliphatic carbocycles. The molecule has 6 aromatic rings. The molecule has 0 saturated heterocycles. The van der Waals surface area contributed by atoms with Crippen molar-refractivity contribution in [2.75, 3.05) is 0 Å². The highest BCUT2D eigenvalue weighted by atomic mass is 15.0. The minimum Gasteiger partial charge on any atom is -0.264 e. The van der Waals surface area contributed by atoms with Crippen LogP contribution in [0.2, 0.25) is 0 Å². The number of benzene rings is 3. The number of pyridine rings is 1. The van der Waals surface area contributed by atoms with Gasteiger partial charge in [-0.2, -0.15) is 0 Å². The van der Waals surface area contributed by atoms with Crippen molar-refractivity contribution in [1.82, 2.24) is 24.9 Å². The first kappa shape index (κ1) is 23.1. The molecule has 0 spiro atoms. The first-order valence-electron chi connectivity index (χ1n) is 13.0. The van der Waals surface area contributed by atoms with Crippen LogP contribution in [-0.4, -0.2) is 24.9 Å². The maximum atomic E-state index is 5.32. The first-order valence-corrected chi connectivity index (χ1v) is 13.0. The summed E-state index contributed by atoms with van der Waals surface area (Å²) in [6, 6.07) is 34.7. The highest BCUT2D eigenvalue weighted by Crippen LogP contribution is 2.48. The first-order chi connectivity index (χ1) is 19.1. The Morgan fingerprint density at radius 2 is 0.795 bits per heavy atom. The Labute approximate surface area is 227 Å². The van der Waals surface area contributed by atoms with Crippen molar-refractivity contribution in [2.45, 2.75) is 19.3 Å². The molecule has 0 unspecified atom stereocenters. The summed E-state index contributed by atoms with van der Waals surface area (Å²) >= 11 is 0. The maximum Gasteiger partial charge on any atom is 0.114 e. The van der Waals surface area contributed by atoms with Gasteiger partial charge in [0.05, 0.1) is 39.6 Å². The molecule has 3 aromatic carbocycles. The minimum atomic E-state index is -0.486. The van der Waals surface area contributed by atoms with Crippen molar-refractivity contribution in [2.24, 2.45) is 0 Å². The highest BCUT2D eigenvalue weighted by molar-refractivity contribution is 5.86. The monoisotopic (exact) mass is 503 g/mol. The van der Waals surface area contributed by atoms with Gasteiger partial charge in [-0.05, 0) is 26.0 Å². The molecule has 7 rings (SSSR count). The van der Waals surface area contributed by atoms with Gasteiger partial charge in [-0.3, -0.25) is 4.98 Å². The lowest BCUT2D eigenvalue weighted by molar-refractivity contribution is 0.614. The van der Waals surface area contributed by atoms with E-state index in [1.165, 1.54) is 0 Å². The fourth-order valence-electron chi connectivity index (χ4n) is 5.28. The summed E-state index contributed by atoms with van der Waals surface area (Å²) < 4.78 is 0. The van der Waals surface area contributed by atoms with Crippen LogP contribution in [0.5, 0.6) is 0 Å². The Balaban J connectivity index is 1.53. The smallest absolute Gasteiger partial charge is 0.114 e. The van der Waals surface area contributed by atoms with Crippen molar-refractivity contribution < 1.29 is 0 Å². The van der Waals surface area contributed by atoms with Gasteiger partial charge in [0.2, 0.25) is 0 Å². The standard InChI is InChI=1S/C34H25N5/c1-34(2)32-30(36-26(22-13-6-3-7-14-22)27(38-32)23-15-8-4-9-16-23)31-33(34)39-28(24-17-10-5-11-18-24)29(37-31)25-19-12-20-35-21-25/h3-21H,1-2H3. The third-order valence-electron chi connectivity index (χ3n) is 7.28. The van der Waals surface area contributed by atoms with Gasteiger partial charge in [0, 0.05) is 34.6 Å². The molecule has 3 heterocycles. The number of fused-ring (bicyclic) bond motifs is 3. The van der Waals surface area contributed by atoms with Gasteiger partial charge in [-0.1, -0.05) is 91.0 Å². The zero-order valence-electron chi connectivity index (χ0n) is 21.7. The number of hydrogen-bond acceptors (Lipinski definition) is 5. The molecular weight excluding hydrogens is 478 g/mol. The Bertz CT molecular complexity index is 1670. The van der Waals surface area contributed by atoms with Gasteiger partial charge in [0.15, 0.2) is 0 Å². The minimum absolute atomic E-state index is 0.486. The zero-order valence-corrected chi connectivity index (χ0v) is 21.7. The fourth-order valence-corrected chi connectivity index (χ4v) is 5.28. The van der Waals surface area contributed by atoms with E-state index in [1.54, 1.807) is 6.20 Å². The Hall–Kier alpha value is -5.03. The second kappa shape index (κ2) is 9.07. The van der Waals surface area contributed by atoms with E-state index in [0.29, 0.717) is 0 Å². The van der Waals surface area contributed by atoms with Crippen LogP contribution >= 0.6 is 0 Å². The predicted octanol–water partition coefficient (Wildman–Crippen LogP) is 7.64. The molecule has 0 saturated carbocycles. The van der Waals surface area contributed by atoms with Crippen LogP contribution in [-0.2, 0) is 5.41 Å². The third-order valence-corrected chi connectivity index (χ3v) is 7.28. The van der Waals surface area contributed by atoms with Crippen molar-refractivity contribution in [3.05, 3.63) is 127 Å². The van der Waals surface area contributed by atoms with Crippen LogP contribution in [0.25, 0.3) is 56.4 Å². The predicted molar refractivity (Wildman–Crippen MR) is 155 cm³/mol. The molecule has 3 aromatic heterocycles. The average Bonchev–Trinajstić information content (AvgIpc) is 3.22.